The molecule has 4 unspecified atom stereocenters. The predicted molar refractivity (Wildman–Crippen MR) is 296 cm³/mol. The molecule has 0 aliphatic rings. The third-order valence-corrected chi connectivity index (χ3v) is 12.9. The van der Waals surface area contributed by atoms with E-state index in [1.807, 2.05) is 25.3 Å². The van der Waals surface area contributed by atoms with Gasteiger partial charge in [0.1, 0.15) is 35.7 Å². The number of aliphatic hydroxyl groups is 1. The van der Waals surface area contributed by atoms with Crippen molar-refractivity contribution in [2.24, 2.45) is 17.2 Å². The van der Waals surface area contributed by atoms with Crippen molar-refractivity contribution in [1.82, 2.24) is 37.2 Å². The summed E-state index contributed by atoms with van der Waals surface area (Å²) in [6.45, 7) is 0.549. The first-order valence-electron chi connectivity index (χ1n) is 24.0. The van der Waals surface area contributed by atoms with Crippen LogP contribution in [0.3, 0.4) is 0 Å². The van der Waals surface area contributed by atoms with E-state index in [4.69, 9.17) is 33.9 Å². The zero-order valence-electron chi connectivity index (χ0n) is 43.0. The molecule has 0 saturated heterocycles. The number of carbonyl (C=O) groups is 9. The minimum atomic E-state index is -1.24. The maximum Gasteiger partial charge on any atom is 0.248 e. The number of rotatable bonds is 29. The van der Waals surface area contributed by atoms with Gasteiger partial charge in [-0.2, -0.15) is 0 Å². The summed E-state index contributed by atoms with van der Waals surface area (Å²) in [6, 6.07) is 21.6. The second-order valence-corrected chi connectivity index (χ2v) is 19.9. The highest BCUT2D eigenvalue weighted by atomic mass is 35.5. The van der Waals surface area contributed by atoms with Crippen molar-refractivity contribution >= 4 is 86.4 Å². The molecule has 0 fully saturated rings. The van der Waals surface area contributed by atoms with Gasteiger partial charge in [-0.15, -0.1) is 0 Å². The van der Waals surface area contributed by atoms with E-state index in [9.17, 15) is 53.4 Å². The lowest BCUT2D eigenvalue weighted by atomic mass is 10.0. The summed E-state index contributed by atoms with van der Waals surface area (Å²) in [6.07, 6.45) is 3.36. The van der Waals surface area contributed by atoms with Crippen molar-refractivity contribution in [3.8, 4) is 11.5 Å². The average Bonchev–Trinajstić information content (AvgIpc) is 3.41. The first-order chi connectivity index (χ1) is 36.8. The highest BCUT2D eigenvalue weighted by molar-refractivity contribution is 8.76. The quantitative estimate of drug-likeness (QED) is 0.0264. The van der Waals surface area contributed by atoms with Gasteiger partial charge in [-0.05, 0) is 111 Å². The molecule has 77 heavy (non-hydrogen) atoms. The lowest BCUT2D eigenvalue weighted by molar-refractivity contribution is -0.133. The molecular formula is C52H69ClN10O12S2. The van der Waals surface area contributed by atoms with Crippen molar-refractivity contribution in [2.75, 3.05) is 45.3 Å². The van der Waals surface area contributed by atoms with Gasteiger partial charge in [0.25, 0.3) is 0 Å². The summed E-state index contributed by atoms with van der Waals surface area (Å²) in [5.74, 6) is -5.76. The summed E-state index contributed by atoms with van der Waals surface area (Å²) in [7, 11) is 3.72. The van der Waals surface area contributed by atoms with E-state index in [1.165, 1.54) is 45.9 Å². The van der Waals surface area contributed by atoms with Crippen LogP contribution in [0.5, 0.6) is 11.5 Å². The van der Waals surface area contributed by atoms with Crippen LogP contribution in [0.1, 0.15) is 58.3 Å². The number of primary amides is 2. The number of amides is 9. The second-order valence-electron chi connectivity index (χ2n) is 16.9. The predicted octanol–water partition coefficient (Wildman–Crippen LogP) is 0.785. The Balaban J connectivity index is 0.00000149. The van der Waals surface area contributed by atoms with E-state index < -0.39 is 85.2 Å². The molecule has 0 radical (unpaired) electrons. The molecule has 9 amide bonds. The molecule has 4 rings (SSSR count). The van der Waals surface area contributed by atoms with E-state index in [2.05, 4.69) is 37.2 Å². The number of benzene rings is 4. The largest absolute Gasteiger partial charge is 0.508 e. The molecule has 0 saturated carbocycles. The number of unbranched alkanes of at least 4 members (excludes halogenated alkanes) is 1. The standard InChI is InChI=1S/C43H56ClN9O10S2.C8H9NO.CH4O/c1-64-65-25-35(52-36(56)18-11-26-5-12-29(44)13-6-26)43(63)53-34(21-28-9-16-31(55)17-10-28)42(62)49-24-39(59)50-32(4-2-3-19-45)41(61)48-22-37(57)47-23-38(58)51-33(40(46)60)20-27-7-14-30(54)15-8-27;1-6-2-4-7(5-3-6)8(9)10;1-2/h5-10,12-17,32-35,54-55H,2-4,11,18-25,45H2,1H3,(H2,46,60)(H,47,57)(H,48,61)(H,49,62)(H,50,59)(H,51,58)(H,52,56)(H,53,63);2-5H,1H3,(H2,9,10);2H,1H3. The van der Waals surface area contributed by atoms with E-state index >= 15 is 0 Å². The topological polar surface area (TPSA) is 377 Å². The fourth-order valence-electron chi connectivity index (χ4n) is 6.73. The lowest BCUT2D eigenvalue weighted by Gasteiger charge is -2.23. The molecule has 0 aliphatic carbocycles. The van der Waals surface area contributed by atoms with Crippen molar-refractivity contribution in [3.63, 3.8) is 0 Å². The minimum Gasteiger partial charge on any atom is -0.508 e. The lowest BCUT2D eigenvalue weighted by Crippen LogP contribution is -2.56. The summed E-state index contributed by atoms with van der Waals surface area (Å²) in [4.78, 5) is 114. The van der Waals surface area contributed by atoms with Crippen LogP contribution in [0.2, 0.25) is 5.02 Å². The Bertz CT molecular complexity index is 2530. The normalized spacial score (nSPS) is 11.9. The second kappa shape index (κ2) is 36.6. The van der Waals surface area contributed by atoms with Crippen molar-refractivity contribution in [1.29, 1.82) is 0 Å². The van der Waals surface area contributed by atoms with Crippen molar-refractivity contribution in [2.45, 2.75) is 76.0 Å². The van der Waals surface area contributed by atoms with Crippen molar-refractivity contribution in [3.05, 3.63) is 130 Å². The molecule has 418 valence electrons. The molecule has 4 atom stereocenters. The molecule has 0 bridgehead atoms. The Morgan fingerprint density at radius 2 is 1.04 bits per heavy atom. The molecular weight excluding hydrogens is 1060 g/mol. The van der Waals surface area contributed by atoms with E-state index in [-0.39, 0.29) is 54.7 Å². The number of aryl methyl sites for hydroxylation is 2. The number of nitrogens with one attached hydrogen (secondary N) is 7. The minimum absolute atomic E-state index is 0.0157. The fourth-order valence-corrected chi connectivity index (χ4v) is 8.18. The van der Waals surface area contributed by atoms with Crippen LogP contribution in [0.15, 0.2) is 97.1 Å². The van der Waals surface area contributed by atoms with Gasteiger partial charge in [0, 0.05) is 42.7 Å². The number of hydrogen-bond donors (Lipinski definition) is 13. The van der Waals surface area contributed by atoms with Gasteiger partial charge >= 0.3 is 0 Å². The Morgan fingerprint density at radius 1 is 0.558 bits per heavy atom. The summed E-state index contributed by atoms with van der Waals surface area (Å²) < 4.78 is 0. The number of nitrogens with two attached hydrogens (primary N) is 3. The van der Waals surface area contributed by atoms with Crippen LogP contribution >= 0.6 is 33.2 Å². The monoisotopic (exact) mass is 1120 g/mol. The molecule has 22 nitrogen and oxygen atoms in total. The zero-order chi connectivity index (χ0) is 57.3. The average molecular weight is 1130 g/mol. The Morgan fingerprint density at radius 3 is 1.56 bits per heavy atom. The highest BCUT2D eigenvalue weighted by Gasteiger charge is 2.29. The first-order valence-corrected chi connectivity index (χ1v) is 27.1. The smallest absolute Gasteiger partial charge is 0.248 e. The van der Waals surface area contributed by atoms with Crippen LogP contribution in [0, 0.1) is 6.92 Å². The van der Waals surface area contributed by atoms with Crippen LogP contribution in [-0.2, 0) is 57.6 Å². The molecule has 25 heteroatoms. The Kier molecular flexibility index (Phi) is 31.2. The molecule has 4 aromatic carbocycles. The van der Waals surface area contributed by atoms with Gasteiger partial charge in [-0.3, -0.25) is 43.2 Å². The summed E-state index contributed by atoms with van der Waals surface area (Å²) in [5.41, 5.74) is 19.8. The molecule has 0 aliphatic heterocycles. The molecule has 0 heterocycles. The Hall–Kier alpha value is -7.38. The maximum absolute atomic E-state index is 13.7. The van der Waals surface area contributed by atoms with Gasteiger partial charge < -0.3 is 69.7 Å². The first kappa shape index (κ1) is 65.7. The van der Waals surface area contributed by atoms with Crippen LogP contribution in [0.25, 0.3) is 0 Å². The third kappa shape index (κ3) is 27.3. The number of phenols is 2. The Labute approximate surface area is 459 Å². The van der Waals surface area contributed by atoms with Gasteiger partial charge in [0.2, 0.25) is 53.2 Å². The van der Waals surface area contributed by atoms with E-state index in [0.29, 0.717) is 47.5 Å². The SMILES string of the molecule is CO.CSSCC(NC(=O)CCc1ccc(Cl)cc1)C(=O)NC(Cc1ccc(O)cc1)C(=O)NCC(=O)NC(CCCCN)C(=O)NCC(=O)NCC(=O)NC(Cc1ccc(O)cc1)C(N)=O.Cc1ccc(C(N)=O)cc1. The van der Waals surface area contributed by atoms with Crippen LogP contribution in [-0.4, -0.2) is 138 Å². The zero-order valence-corrected chi connectivity index (χ0v) is 45.4. The molecule has 0 aromatic heterocycles. The van der Waals surface area contributed by atoms with Crippen LogP contribution in [0.4, 0.5) is 0 Å². The maximum atomic E-state index is 13.7. The van der Waals surface area contributed by atoms with E-state index in [0.717, 1.165) is 18.2 Å². The highest BCUT2D eigenvalue weighted by Crippen LogP contribution is 2.19. The van der Waals surface area contributed by atoms with Crippen LogP contribution < -0.4 is 54.4 Å². The number of halogens is 1. The van der Waals surface area contributed by atoms with E-state index in [1.54, 1.807) is 60.7 Å². The van der Waals surface area contributed by atoms with Gasteiger partial charge in [0.15, 0.2) is 0 Å². The number of hydrogen-bond acceptors (Lipinski definition) is 15. The van der Waals surface area contributed by atoms with Gasteiger partial charge in [-0.25, -0.2) is 0 Å². The summed E-state index contributed by atoms with van der Waals surface area (Å²) in [5, 5.41) is 44.5. The number of aliphatic hydroxyl groups excluding tert-OH is 1. The number of carbonyl (C=O) groups excluding carboxylic acids is 9. The fraction of sp³-hybridized carbons (Fsp3) is 0.365. The van der Waals surface area contributed by atoms with Gasteiger partial charge in [0.05, 0.1) is 19.6 Å². The molecule has 16 N–H and O–H groups in total. The third-order valence-electron chi connectivity index (χ3n) is 10.8. The number of phenolic OH excluding ortho intramolecular Hbond substituents is 2. The molecule has 4 aromatic rings. The van der Waals surface area contributed by atoms with Crippen molar-refractivity contribution < 1.29 is 58.5 Å². The molecule has 0 spiro atoms. The number of aromatic hydroxyl groups is 2. The summed E-state index contributed by atoms with van der Waals surface area (Å²) >= 11 is 5.96. The van der Waals surface area contributed by atoms with Gasteiger partial charge in [-0.1, -0.05) is 87.3 Å².